The van der Waals surface area contributed by atoms with Crippen LogP contribution >= 0.6 is 0 Å². The number of aromatic nitrogens is 2. The van der Waals surface area contributed by atoms with E-state index in [9.17, 15) is 0 Å². The molecular weight excluding hydrogens is 112 g/mol. The highest BCUT2D eigenvalue weighted by molar-refractivity contribution is 5.14. The Balaban J connectivity index is 2.28. The molecule has 1 N–H and O–H groups in total. The van der Waals surface area contributed by atoms with Gasteiger partial charge in [0.05, 0.1) is 5.69 Å². The molecule has 1 aliphatic rings. The van der Waals surface area contributed by atoms with Crippen molar-refractivity contribution in [3.63, 3.8) is 0 Å². The van der Waals surface area contributed by atoms with E-state index >= 15 is 0 Å². The summed E-state index contributed by atoms with van der Waals surface area (Å²) in [5, 5.41) is 6.98. The number of rotatable bonds is 1. The molecule has 1 fully saturated rings. The third-order valence-electron chi connectivity index (χ3n) is 1.62. The molecule has 0 aromatic carbocycles. The summed E-state index contributed by atoms with van der Waals surface area (Å²) in [5.74, 6) is 0.731. The first kappa shape index (κ1) is 5.03. The maximum absolute atomic E-state index is 4.10. The average Bonchev–Trinajstić information content (AvgIpc) is 2.58. The summed E-state index contributed by atoms with van der Waals surface area (Å²) >= 11 is 0. The van der Waals surface area contributed by atoms with Crippen LogP contribution in [0.25, 0.3) is 0 Å². The van der Waals surface area contributed by atoms with Crippen molar-refractivity contribution >= 4 is 0 Å². The lowest BCUT2D eigenvalue weighted by Crippen LogP contribution is -1.76. The van der Waals surface area contributed by atoms with Crippen molar-refractivity contribution in [1.29, 1.82) is 0 Å². The second-order valence-corrected chi connectivity index (χ2v) is 2.63. The SMILES string of the molecule is Cc1[c]c(C2CC2)n[nH]1. The molecule has 9 heavy (non-hydrogen) atoms. The molecule has 1 aliphatic carbocycles. The first-order valence-electron chi connectivity index (χ1n) is 3.30. The first-order valence-corrected chi connectivity index (χ1v) is 3.30. The smallest absolute Gasteiger partial charge is 0.0735 e. The second-order valence-electron chi connectivity index (χ2n) is 2.63. The molecule has 1 saturated carbocycles. The third-order valence-corrected chi connectivity index (χ3v) is 1.62. The van der Waals surface area contributed by atoms with Gasteiger partial charge in [-0.1, -0.05) is 0 Å². The maximum atomic E-state index is 4.10. The van der Waals surface area contributed by atoms with Gasteiger partial charge in [-0.25, -0.2) is 0 Å². The molecule has 0 unspecified atom stereocenters. The van der Waals surface area contributed by atoms with E-state index in [2.05, 4.69) is 16.3 Å². The summed E-state index contributed by atoms with van der Waals surface area (Å²) < 4.78 is 0. The van der Waals surface area contributed by atoms with Crippen LogP contribution in [0.4, 0.5) is 0 Å². The minimum Gasteiger partial charge on any atom is -0.282 e. The molecular formula is C7H9N2. The van der Waals surface area contributed by atoms with Crippen LogP contribution in [0.5, 0.6) is 0 Å². The highest BCUT2D eigenvalue weighted by Gasteiger charge is 2.25. The lowest BCUT2D eigenvalue weighted by molar-refractivity contribution is 0.954. The van der Waals surface area contributed by atoms with E-state index in [1.54, 1.807) is 0 Å². The van der Waals surface area contributed by atoms with E-state index in [4.69, 9.17) is 0 Å². The van der Waals surface area contributed by atoms with Gasteiger partial charge in [-0.15, -0.1) is 0 Å². The van der Waals surface area contributed by atoms with E-state index in [1.165, 1.54) is 12.8 Å². The monoisotopic (exact) mass is 121 g/mol. The van der Waals surface area contributed by atoms with Crippen LogP contribution < -0.4 is 0 Å². The van der Waals surface area contributed by atoms with Crippen LogP contribution in [0.1, 0.15) is 30.1 Å². The Morgan fingerprint density at radius 1 is 1.67 bits per heavy atom. The maximum Gasteiger partial charge on any atom is 0.0735 e. The second kappa shape index (κ2) is 1.59. The number of hydrogen-bond acceptors (Lipinski definition) is 1. The van der Waals surface area contributed by atoms with Crippen molar-refractivity contribution in [3.8, 4) is 0 Å². The van der Waals surface area contributed by atoms with Crippen LogP contribution in [0.2, 0.25) is 0 Å². The number of aryl methyl sites for hydroxylation is 1. The predicted octanol–water partition coefficient (Wildman–Crippen LogP) is 1.40. The van der Waals surface area contributed by atoms with Gasteiger partial charge in [0.25, 0.3) is 0 Å². The van der Waals surface area contributed by atoms with Crippen LogP contribution in [0, 0.1) is 13.0 Å². The van der Waals surface area contributed by atoms with Crippen molar-refractivity contribution in [2.45, 2.75) is 25.7 Å². The molecule has 0 amide bonds. The number of hydrogen-bond donors (Lipinski definition) is 1. The zero-order chi connectivity index (χ0) is 6.27. The van der Waals surface area contributed by atoms with Crippen molar-refractivity contribution < 1.29 is 0 Å². The van der Waals surface area contributed by atoms with Crippen LogP contribution in [0.15, 0.2) is 0 Å². The standard InChI is InChI=1S/C7H9N2/c1-5-4-7(9-8-5)6-2-3-6/h6H,2-3H2,1H3,(H,8,9). The summed E-state index contributed by atoms with van der Waals surface area (Å²) in [4.78, 5) is 0. The highest BCUT2D eigenvalue weighted by Crippen LogP contribution is 2.38. The Morgan fingerprint density at radius 2 is 2.44 bits per heavy atom. The van der Waals surface area contributed by atoms with Gasteiger partial charge in [-0.2, -0.15) is 5.10 Å². The lowest BCUT2D eigenvalue weighted by Gasteiger charge is -1.80. The number of nitrogens with one attached hydrogen (secondary N) is 1. The van der Waals surface area contributed by atoms with Crippen LogP contribution in [0.3, 0.4) is 0 Å². The van der Waals surface area contributed by atoms with Gasteiger partial charge in [-0.05, 0) is 19.8 Å². The van der Waals surface area contributed by atoms with Gasteiger partial charge < -0.3 is 0 Å². The van der Waals surface area contributed by atoms with Crippen LogP contribution in [-0.4, -0.2) is 10.2 Å². The molecule has 0 aliphatic heterocycles. The lowest BCUT2D eigenvalue weighted by atomic mass is 10.3. The molecule has 2 nitrogen and oxygen atoms in total. The minimum absolute atomic E-state index is 0.731. The Hall–Kier alpha value is -0.790. The zero-order valence-electron chi connectivity index (χ0n) is 5.44. The number of aromatic amines is 1. The Labute approximate surface area is 54.3 Å². The first-order chi connectivity index (χ1) is 4.36. The molecule has 1 aromatic rings. The summed E-state index contributed by atoms with van der Waals surface area (Å²) in [6.45, 7) is 1.98. The van der Waals surface area contributed by atoms with Crippen molar-refractivity contribution in [2.75, 3.05) is 0 Å². The Bertz CT molecular complexity index is 210. The van der Waals surface area contributed by atoms with Gasteiger partial charge in [0, 0.05) is 17.7 Å². The van der Waals surface area contributed by atoms with E-state index in [0.29, 0.717) is 0 Å². The van der Waals surface area contributed by atoms with E-state index in [0.717, 1.165) is 17.3 Å². The van der Waals surface area contributed by atoms with Crippen molar-refractivity contribution in [3.05, 3.63) is 17.5 Å². The quantitative estimate of drug-likeness (QED) is 0.597. The fraction of sp³-hybridized carbons (Fsp3) is 0.571. The topological polar surface area (TPSA) is 28.7 Å². The predicted molar refractivity (Wildman–Crippen MR) is 34.1 cm³/mol. The number of nitrogens with zero attached hydrogens (tertiary/aromatic N) is 1. The molecule has 47 valence electrons. The molecule has 1 aromatic heterocycles. The molecule has 0 atom stereocenters. The largest absolute Gasteiger partial charge is 0.282 e. The zero-order valence-corrected chi connectivity index (χ0v) is 5.44. The molecule has 2 rings (SSSR count). The van der Waals surface area contributed by atoms with Gasteiger partial charge in [0.1, 0.15) is 0 Å². The average molecular weight is 121 g/mol. The highest BCUT2D eigenvalue weighted by atomic mass is 15.1. The van der Waals surface area contributed by atoms with Gasteiger partial charge in [0.2, 0.25) is 0 Å². The Kier molecular flexibility index (Phi) is 0.891. The number of H-pyrrole nitrogens is 1. The normalized spacial score (nSPS) is 18.3. The molecule has 0 spiro atoms. The van der Waals surface area contributed by atoms with Crippen molar-refractivity contribution in [1.82, 2.24) is 10.2 Å². The molecule has 1 radical (unpaired) electrons. The van der Waals surface area contributed by atoms with Gasteiger partial charge >= 0.3 is 0 Å². The summed E-state index contributed by atoms with van der Waals surface area (Å²) in [6, 6.07) is 3.17. The molecule has 2 heteroatoms. The van der Waals surface area contributed by atoms with Crippen LogP contribution in [-0.2, 0) is 0 Å². The Morgan fingerprint density at radius 3 is 2.89 bits per heavy atom. The van der Waals surface area contributed by atoms with Crippen molar-refractivity contribution in [2.24, 2.45) is 0 Å². The van der Waals surface area contributed by atoms with Gasteiger partial charge in [0.15, 0.2) is 0 Å². The third kappa shape index (κ3) is 0.846. The van der Waals surface area contributed by atoms with E-state index < -0.39 is 0 Å². The summed E-state index contributed by atoms with van der Waals surface area (Å²) in [6.07, 6.45) is 2.61. The summed E-state index contributed by atoms with van der Waals surface area (Å²) in [5.41, 5.74) is 2.18. The van der Waals surface area contributed by atoms with E-state index in [1.807, 2.05) is 6.92 Å². The molecule has 1 heterocycles. The minimum atomic E-state index is 0.731. The fourth-order valence-corrected chi connectivity index (χ4v) is 0.942. The van der Waals surface area contributed by atoms with E-state index in [-0.39, 0.29) is 0 Å². The van der Waals surface area contributed by atoms with Gasteiger partial charge in [-0.3, -0.25) is 5.10 Å². The molecule has 0 bridgehead atoms. The fourth-order valence-electron chi connectivity index (χ4n) is 0.942. The molecule has 0 saturated heterocycles. The summed E-state index contributed by atoms with van der Waals surface area (Å²) in [7, 11) is 0.